The molecule has 0 saturated heterocycles. The zero-order valence-corrected chi connectivity index (χ0v) is 13.2. The van der Waals surface area contributed by atoms with E-state index in [1.807, 2.05) is 19.9 Å². The summed E-state index contributed by atoms with van der Waals surface area (Å²) >= 11 is 12.1. The van der Waals surface area contributed by atoms with Crippen molar-refractivity contribution in [2.24, 2.45) is 7.05 Å². The van der Waals surface area contributed by atoms with Crippen molar-refractivity contribution in [3.05, 3.63) is 33.8 Å². The summed E-state index contributed by atoms with van der Waals surface area (Å²) in [5.74, 6) is 0.564. The summed E-state index contributed by atoms with van der Waals surface area (Å²) in [6, 6.07) is 5.29. The van der Waals surface area contributed by atoms with Gasteiger partial charge in [-0.25, -0.2) is 0 Å². The molecule has 0 aliphatic rings. The normalized spacial score (nSPS) is 12.7. The highest BCUT2D eigenvalue weighted by Gasteiger charge is 2.19. The van der Waals surface area contributed by atoms with Crippen LogP contribution in [-0.4, -0.2) is 19.7 Å². The summed E-state index contributed by atoms with van der Waals surface area (Å²) < 4.78 is 13.7. The predicted molar refractivity (Wildman–Crippen MR) is 80.4 cm³/mol. The first-order chi connectivity index (χ1) is 8.95. The molecule has 0 amide bonds. The quantitative estimate of drug-likeness (QED) is 0.862. The maximum atomic E-state index is 12.0. The Bertz CT molecular complexity index is 652. The number of halogens is 2. The molecule has 1 aromatic heterocycles. The molecule has 1 heterocycles. The van der Waals surface area contributed by atoms with Crippen LogP contribution in [0.5, 0.6) is 0 Å². The van der Waals surface area contributed by atoms with Gasteiger partial charge in [0, 0.05) is 29.0 Å². The topological polar surface area (TPSA) is 34.9 Å². The molecule has 19 heavy (non-hydrogen) atoms. The Morgan fingerprint density at radius 1 is 1.37 bits per heavy atom. The smallest absolute Gasteiger partial charge is 0.128 e. The van der Waals surface area contributed by atoms with E-state index in [2.05, 4.69) is 5.10 Å². The molecule has 6 heteroatoms. The Morgan fingerprint density at radius 3 is 2.63 bits per heavy atom. The Morgan fingerprint density at radius 2 is 2.05 bits per heavy atom. The highest BCUT2D eigenvalue weighted by Crippen LogP contribution is 2.33. The van der Waals surface area contributed by atoms with Crippen molar-refractivity contribution in [1.29, 1.82) is 0 Å². The van der Waals surface area contributed by atoms with Gasteiger partial charge in [0.05, 0.1) is 21.5 Å². The minimum atomic E-state index is -1.05. The Hall–Kier alpha value is -0.840. The Labute approximate surface area is 125 Å². The van der Waals surface area contributed by atoms with E-state index in [4.69, 9.17) is 23.2 Å². The minimum absolute atomic E-state index is 0.544. The number of hydrogen-bond acceptors (Lipinski definition) is 2. The number of benzene rings is 1. The van der Waals surface area contributed by atoms with Gasteiger partial charge in [0.15, 0.2) is 0 Å². The predicted octanol–water partition coefficient (Wildman–Crippen LogP) is 3.83. The standard InChI is InChI=1S/C13H14Cl2N2OS/c1-4-19(18)13-8(2)12(16-17(13)3)10-6-5-9(14)7-11(10)15/h5-7H,4H2,1-3H3. The number of rotatable bonds is 3. The van der Waals surface area contributed by atoms with Crippen molar-refractivity contribution < 1.29 is 4.21 Å². The van der Waals surface area contributed by atoms with Crippen LogP contribution in [0.3, 0.4) is 0 Å². The van der Waals surface area contributed by atoms with Gasteiger partial charge in [-0.2, -0.15) is 5.10 Å². The maximum absolute atomic E-state index is 12.0. The summed E-state index contributed by atoms with van der Waals surface area (Å²) in [7, 11) is 0.749. The van der Waals surface area contributed by atoms with Gasteiger partial charge >= 0.3 is 0 Å². The first-order valence-corrected chi connectivity index (χ1v) is 7.90. The van der Waals surface area contributed by atoms with Crippen LogP contribution in [0, 0.1) is 6.92 Å². The summed E-state index contributed by atoms with van der Waals surface area (Å²) in [5, 5.41) is 6.30. The molecule has 0 bridgehead atoms. The average molecular weight is 317 g/mol. The molecule has 0 aliphatic carbocycles. The molecule has 0 N–H and O–H groups in total. The lowest BCUT2D eigenvalue weighted by atomic mass is 10.1. The fourth-order valence-corrected chi connectivity index (χ4v) is 3.55. The number of aromatic nitrogens is 2. The van der Waals surface area contributed by atoms with Crippen molar-refractivity contribution in [3.8, 4) is 11.3 Å². The molecular weight excluding hydrogens is 303 g/mol. The summed E-state index contributed by atoms with van der Waals surface area (Å²) in [4.78, 5) is 0. The van der Waals surface area contributed by atoms with Gasteiger partial charge in [-0.15, -0.1) is 0 Å². The zero-order valence-electron chi connectivity index (χ0n) is 10.9. The molecule has 102 valence electrons. The van der Waals surface area contributed by atoms with Crippen molar-refractivity contribution in [3.63, 3.8) is 0 Å². The number of hydrogen-bond donors (Lipinski definition) is 0. The molecule has 1 unspecified atom stereocenters. The van der Waals surface area contributed by atoms with Gasteiger partial charge in [-0.1, -0.05) is 30.1 Å². The summed E-state index contributed by atoms with van der Waals surface area (Å²) in [6.45, 7) is 3.80. The van der Waals surface area contributed by atoms with Crippen LogP contribution in [-0.2, 0) is 17.8 Å². The first-order valence-electron chi connectivity index (χ1n) is 5.83. The van der Waals surface area contributed by atoms with Crippen molar-refractivity contribution >= 4 is 34.0 Å². The van der Waals surface area contributed by atoms with Gasteiger partial charge in [0.25, 0.3) is 0 Å². The lowest BCUT2D eigenvalue weighted by Crippen LogP contribution is -2.03. The van der Waals surface area contributed by atoms with E-state index in [1.54, 1.807) is 23.9 Å². The second-order valence-corrected chi connectivity index (χ2v) is 6.66. The van der Waals surface area contributed by atoms with Crippen LogP contribution in [0.2, 0.25) is 10.0 Å². The Balaban J connectivity index is 2.61. The second-order valence-electron chi connectivity index (χ2n) is 4.16. The van der Waals surface area contributed by atoms with Crippen LogP contribution >= 0.6 is 23.2 Å². The minimum Gasteiger partial charge on any atom is -0.259 e. The highest BCUT2D eigenvalue weighted by molar-refractivity contribution is 7.85. The van der Waals surface area contributed by atoms with Crippen molar-refractivity contribution in [1.82, 2.24) is 9.78 Å². The van der Waals surface area contributed by atoms with Gasteiger partial charge in [0.1, 0.15) is 5.03 Å². The molecule has 1 atom stereocenters. The first kappa shape index (κ1) is 14.6. The van der Waals surface area contributed by atoms with Gasteiger partial charge in [0.2, 0.25) is 0 Å². The van der Waals surface area contributed by atoms with Crippen LogP contribution in [0.4, 0.5) is 0 Å². The molecular formula is C13H14Cl2N2OS. The second kappa shape index (κ2) is 5.65. The largest absolute Gasteiger partial charge is 0.259 e. The fraction of sp³-hybridized carbons (Fsp3) is 0.308. The molecule has 2 aromatic rings. The summed E-state index contributed by atoms with van der Waals surface area (Å²) in [5.41, 5.74) is 2.45. The van der Waals surface area contributed by atoms with Crippen molar-refractivity contribution in [2.45, 2.75) is 18.9 Å². The molecule has 0 radical (unpaired) electrons. The van der Waals surface area contributed by atoms with E-state index in [1.165, 1.54) is 0 Å². The van der Waals surface area contributed by atoms with Gasteiger partial charge in [-0.3, -0.25) is 8.89 Å². The van der Waals surface area contributed by atoms with E-state index < -0.39 is 10.8 Å². The third kappa shape index (κ3) is 2.71. The van der Waals surface area contributed by atoms with Gasteiger partial charge < -0.3 is 0 Å². The zero-order chi connectivity index (χ0) is 14.2. The third-order valence-electron chi connectivity index (χ3n) is 2.88. The molecule has 0 saturated carbocycles. The van der Waals surface area contributed by atoms with E-state index in [9.17, 15) is 4.21 Å². The van der Waals surface area contributed by atoms with E-state index >= 15 is 0 Å². The monoisotopic (exact) mass is 316 g/mol. The Kier molecular flexibility index (Phi) is 4.33. The molecule has 3 nitrogen and oxygen atoms in total. The van der Waals surface area contributed by atoms with Crippen LogP contribution in [0.25, 0.3) is 11.3 Å². The lowest BCUT2D eigenvalue weighted by Gasteiger charge is -2.03. The van der Waals surface area contributed by atoms with E-state index in [0.29, 0.717) is 15.8 Å². The highest BCUT2D eigenvalue weighted by atomic mass is 35.5. The fourth-order valence-electron chi connectivity index (χ4n) is 2.01. The maximum Gasteiger partial charge on any atom is 0.128 e. The molecule has 1 aromatic carbocycles. The number of aryl methyl sites for hydroxylation is 1. The molecule has 0 aliphatic heterocycles. The lowest BCUT2D eigenvalue weighted by molar-refractivity contribution is 0.651. The SMILES string of the molecule is CCS(=O)c1c(C)c(-c2ccc(Cl)cc2Cl)nn1C. The van der Waals surface area contributed by atoms with Crippen LogP contribution < -0.4 is 0 Å². The van der Waals surface area contributed by atoms with Crippen LogP contribution in [0.1, 0.15) is 12.5 Å². The molecule has 0 spiro atoms. The third-order valence-corrected chi connectivity index (χ3v) is 4.96. The molecule has 2 rings (SSSR count). The van der Waals surface area contributed by atoms with E-state index in [-0.39, 0.29) is 0 Å². The van der Waals surface area contributed by atoms with E-state index in [0.717, 1.165) is 21.8 Å². The molecule has 0 fully saturated rings. The van der Waals surface area contributed by atoms with Crippen molar-refractivity contribution in [2.75, 3.05) is 5.75 Å². The number of nitrogens with zero attached hydrogens (tertiary/aromatic N) is 2. The van der Waals surface area contributed by atoms with Gasteiger partial charge in [-0.05, 0) is 25.1 Å². The average Bonchev–Trinajstić information content (AvgIpc) is 2.64. The summed E-state index contributed by atoms with van der Waals surface area (Å²) in [6.07, 6.45) is 0. The van der Waals surface area contributed by atoms with Crippen LogP contribution in [0.15, 0.2) is 23.2 Å².